The van der Waals surface area contributed by atoms with Gasteiger partial charge in [-0.15, -0.1) is 0 Å². The second kappa shape index (κ2) is 5.58. The SMILES string of the molecule is Cc1ccccc1NC(=O)c1cc(N)c(F)cc1[N+](=O)[O-]. The normalized spacial score (nSPS) is 10.2. The van der Waals surface area contributed by atoms with Gasteiger partial charge in [0.15, 0.2) is 5.82 Å². The summed E-state index contributed by atoms with van der Waals surface area (Å²) in [7, 11) is 0. The van der Waals surface area contributed by atoms with E-state index in [1.165, 1.54) is 0 Å². The van der Waals surface area contributed by atoms with Crippen LogP contribution in [-0.4, -0.2) is 10.8 Å². The number of hydrogen-bond acceptors (Lipinski definition) is 4. The number of amides is 1. The molecule has 2 rings (SSSR count). The molecule has 108 valence electrons. The highest BCUT2D eigenvalue weighted by molar-refractivity contribution is 6.07. The van der Waals surface area contributed by atoms with Crippen molar-refractivity contribution in [1.82, 2.24) is 0 Å². The van der Waals surface area contributed by atoms with E-state index >= 15 is 0 Å². The molecule has 2 aromatic carbocycles. The Bertz CT molecular complexity index is 731. The predicted molar refractivity (Wildman–Crippen MR) is 76.6 cm³/mol. The third kappa shape index (κ3) is 2.97. The van der Waals surface area contributed by atoms with Crippen molar-refractivity contribution < 1.29 is 14.1 Å². The van der Waals surface area contributed by atoms with Gasteiger partial charge in [0.05, 0.1) is 16.7 Å². The maximum absolute atomic E-state index is 13.3. The lowest BCUT2D eigenvalue weighted by Gasteiger charge is -2.09. The topological polar surface area (TPSA) is 98.3 Å². The molecule has 1 amide bonds. The average Bonchev–Trinajstić information content (AvgIpc) is 2.43. The third-order valence-electron chi connectivity index (χ3n) is 2.95. The lowest BCUT2D eigenvalue weighted by molar-refractivity contribution is -0.385. The van der Waals surface area contributed by atoms with E-state index in [4.69, 9.17) is 5.73 Å². The molecule has 0 aliphatic rings. The Morgan fingerprint density at radius 2 is 2.00 bits per heavy atom. The van der Waals surface area contributed by atoms with Gasteiger partial charge in [0.2, 0.25) is 0 Å². The van der Waals surface area contributed by atoms with Gasteiger partial charge in [-0.3, -0.25) is 14.9 Å². The number of nitrogens with zero attached hydrogens (tertiary/aromatic N) is 1. The number of halogens is 1. The van der Waals surface area contributed by atoms with E-state index in [2.05, 4.69) is 5.32 Å². The van der Waals surface area contributed by atoms with E-state index < -0.39 is 22.3 Å². The summed E-state index contributed by atoms with van der Waals surface area (Å²) >= 11 is 0. The van der Waals surface area contributed by atoms with Gasteiger partial charge in [-0.2, -0.15) is 0 Å². The summed E-state index contributed by atoms with van der Waals surface area (Å²) in [6, 6.07) is 8.55. The van der Waals surface area contributed by atoms with E-state index in [-0.39, 0.29) is 11.3 Å². The molecule has 2 aromatic rings. The summed E-state index contributed by atoms with van der Waals surface area (Å²) in [5.41, 5.74) is 5.44. The van der Waals surface area contributed by atoms with Crippen LogP contribution in [0.25, 0.3) is 0 Å². The van der Waals surface area contributed by atoms with E-state index in [0.29, 0.717) is 11.8 Å². The Morgan fingerprint density at radius 1 is 1.33 bits per heavy atom. The fourth-order valence-corrected chi connectivity index (χ4v) is 1.82. The van der Waals surface area contributed by atoms with E-state index in [1.54, 1.807) is 31.2 Å². The van der Waals surface area contributed by atoms with Gasteiger partial charge < -0.3 is 11.1 Å². The van der Waals surface area contributed by atoms with Crippen molar-refractivity contribution in [2.75, 3.05) is 11.1 Å². The Balaban J connectivity index is 2.42. The van der Waals surface area contributed by atoms with Crippen molar-refractivity contribution in [3.8, 4) is 0 Å². The highest BCUT2D eigenvalue weighted by Crippen LogP contribution is 2.25. The first-order valence-electron chi connectivity index (χ1n) is 6.00. The van der Waals surface area contributed by atoms with Crippen molar-refractivity contribution in [1.29, 1.82) is 0 Å². The average molecular weight is 289 g/mol. The predicted octanol–water partition coefficient (Wildman–Crippen LogP) is 2.88. The zero-order chi connectivity index (χ0) is 15.6. The molecule has 21 heavy (non-hydrogen) atoms. The fraction of sp³-hybridized carbons (Fsp3) is 0.0714. The van der Waals surface area contributed by atoms with Crippen LogP contribution in [0.2, 0.25) is 0 Å². The number of anilines is 2. The summed E-state index contributed by atoms with van der Waals surface area (Å²) in [4.78, 5) is 22.3. The first-order valence-corrected chi connectivity index (χ1v) is 6.00. The van der Waals surface area contributed by atoms with Crippen LogP contribution in [0.15, 0.2) is 36.4 Å². The van der Waals surface area contributed by atoms with Crippen LogP contribution >= 0.6 is 0 Å². The van der Waals surface area contributed by atoms with Crippen LogP contribution in [-0.2, 0) is 0 Å². The molecule has 0 saturated heterocycles. The van der Waals surface area contributed by atoms with Crippen LogP contribution in [0.4, 0.5) is 21.5 Å². The van der Waals surface area contributed by atoms with Crippen molar-refractivity contribution in [2.45, 2.75) is 6.92 Å². The molecule has 0 radical (unpaired) electrons. The summed E-state index contributed by atoms with van der Waals surface area (Å²) in [5.74, 6) is -1.66. The largest absolute Gasteiger partial charge is 0.396 e. The molecule has 0 aliphatic heterocycles. The Hall–Kier alpha value is -2.96. The second-order valence-corrected chi connectivity index (χ2v) is 4.42. The molecule has 0 aliphatic carbocycles. The maximum Gasteiger partial charge on any atom is 0.285 e. The van der Waals surface area contributed by atoms with Crippen LogP contribution < -0.4 is 11.1 Å². The van der Waals surface area contributed by atoms with E-state index in [0.717, 1.165) is 11.6 Å². The quantitative estimate of drug-likeness (QED) is 0.515. The number of benzene rings is 2. The summed E-state index contributed by atoms with van der Waals surface area (Å²) in [5, 5.41) is 13.5. The number of nitro benzene ring substituents is 1. The lowest BCUT2D eigenvalue weighted by atomic mass is 10.1. The van der Waals surface area contributed by atoms with Crippen LogP contribution in [0, 0.1) is 22.9 Å². The Kier molecular flexibility index (Phi) is 3.84. The molecule has 0 fully saturated rings. The van der Waals surface area contributed by atoms with Gasteiger partial charge in [-0.1, -0.05) is 18.2 Å². The summed E-state index contributed by atoms with van der Waals surface area (Å²) < 4.78 is 13.3. The van der Waals surface area contributed by atoms with Gasteiger partial charge in [-0.25, -0.2) is 4.39 Å². The molecule has 0 aromatic heterocycles. The molecule has 3 N–H and O–H groups in total. The highest BCUT2D eigenvalue weighted by atomic mass is 19.1. The van der Waals surface area contributed by atoms with Crippen molar-refractivity contribution in [3.63, 3.8) is 0 Å². The second-order valence-electron chi connectivity index (χ2n) is 4.42. The molecule has 6 nitrogen and oxygen atoms in total. The molecule has 0 unspecified atom stereocenters. The summed E-state index contributed by atoms with van der Waals surface area (Å²) in [6.45, 7) is 1.78. The minimum atomic E-state index is -0.936. The standard InChI is InChI=1S/C14H12FN3O3/c1-8-4-2-3-5-12(8)17-14(19)9-6-11(16)10(15)7-13(9)18(20)21/h2-7H,16H2,1H3,(H,17,19). The van der Waals surface area contributed by atoms with E-state index in [9.17, 15) is 19.3 Å². The minimum Gasteiger partial charge on any atom is -0.396 e. The molecular formula is C14H12FN3O3. The Labute approximate surface area is 119 Å². The molecule has 0 saturated carbocycles. The number of rotatable bonds is 3. The van der Waals surface area contributed by atoms with Crippen LogP contribution in [0.3, 0.4) is 0 Å². The van der Waals surface area contributed by atoms with E-state index in [1.807, 2.05) is 0 Å². The van der Waals surface area contributed by atoms with Crippen molar-refractivity contribution >= 4 is 23.0 Å². The number of carbonyl (C=O) groups is 1. The lowest BCUT2D eigenvalue weighted by Crippen LogP contribution is -2.15. The van der Waals surface area contributed by atoms with Gasteiger partial charge in [-0.05, 0) is 24.6 Å². The monoisotopic (exact) mass is 289 g/mol. The number of hydrogen-bond donors (Lipinski definition) is 2. The first kappa shape index (κ1) is 14.4. The highest BCUT2D eigenvalue weighted by Gasteiger charge is 2.23. The number of nitrogen functional groups attached to an aromatic ring is 1. The van der Waals surface area contributed by atoms with Gasteiger partial charge in [0.1, 0.15) is 5.56 Å². The zero-order valence-corrected chi connectivity index (χ0v) is 11.1. The number of para-hydroxylation sites is 1. The Morgan fingerprint density at radius 3 is 2.62 bits per heavy atom. The van der Waals surface area contributed by atoms with Gasteiger partial charge >= 0.3 is 0 Å². The van der Waals surface area contributed by atoms with Gasteiger partial charge in [0, 0.05) is 5.69 Å². The van der Waals surface area contributed by atoms with Crippen molar-refractivity contribution in [2.24, 2.45) is 0 Å². The molecular weight excluding hydrogens is 277 g/mol. The molecule has 0 bridgehead atoms. The molecule has 0 atom stereocenters. The number of carbonyl (C=O) groups excluding carboxylic acids is 1. The fourth-order valence-electron chi connectivity index (χ4n) is 1.82. The maximum atomic E-state index is 13.3. The van der Waals surface area contributed by atoms with Crippen LogP contribution in [0.1, 0.15) is 15.9 Å². The number of nitrogens with one attached hydrogen (secondary N) is 1. The molecule has 0 spiro atoms. The number of nitrogens with two attached hydrogens (primary N) is 1. The smallest absolute Gasteiger partial charge is 0.285 e. The third-order valence-corrected chi connectivity index (χ3v) is 2.95. The molecule has 0 heterocycles. The van der Waals surface area contributed by atoms with Crippen molar-refractivity contribution in [3.05, 3.63) is 63.5 Å². The number of aryl methyl sites for hydroxylation is 1. The minimum absolute atomic E-state index is 0.290. The summed E-state index contributed by atoms with van der Waals surface area (Å²) in [6.07, 6.45) is 0. The zero-order valence-electron chi connectivity index (χ0n) is 11.1. The molecule has 7 heteroatoms. The number of nitro groups is 1. The first-order chi connectivity index (χ1) is 9.90. The van der Waals surface area contributed by atoms with Crippen LogP contribution in [0.5, 0.6) is 0 Å². The van der Waals surface area contributed by atoms with Gasteiger partial charge in [0.25, 0.3) is 11.6 Å².